The van der Waals surface area contributed by atoms with E-state index in [2.05, 4.69) is 15.3 Å². The third-order valence-corrected chi connectivity index (χ3v) is 4.32. The Morgan fingerprint density at radius 3 is 2.75 bits per heavy atom. The number of benzene rings is 1. The SMILES string of the molecule is [B]c1cnc(Nc2cccc(S(C)(=O)=O)c2)nc1SC. The molecule has 0 aliphatic rings. The molecule has 0 fully saturated rings. The topological polar surface area (TPSA) is 72.0 Å². The van der Waals surface area contributed by atoms with Crippen LogP contribution < -0.4 is 10.8 Å². The predicted molar refractivity (Wildman–Crippen MR) is 82.0 cm³/mol. The zero-order valence-electron chi connectivity index (χ0n) is 11.0. The molecule has 20 heavy (non-hydrogen) atoms. The normalized spacial score (nSPS) is 11.3. The number of rotatable bonds is 4. The summed E-state index contributed by atoms with van der Waals surface area (Å²) in [6.07, 6.45) is 4.55. The van der Waals surface area contributed by atoms with Gasteiger partial charge in [-0.1, -0.05) is 6.07 Å². The molecular formula is C12H12BN3O2S2. The minimum atomic E-state index is -3.24. The first-order chi connectivity index (χ1) is 9.40. The van der Waals surface area contributed by atoms with Crippen LogP contribution in [-0.2, 0) is 9.84 Å². The summed E-state index contributed by atoms with van der Waals surface area (Å²) in [6, 6.07) is 6.48. The third kappa shape index (κ3) is 3.52. The van der Waals surface area contributed by atoms with Gasteiger partial charge in [0.1, 0.15) is 7.85 Å². The second-order valence-electron chi connectivity index (χ2n) is 4.08. The Labute approximate surface area is 123 Å². The zero-order valence-corrected chi connectivity index (χ0v) is 12.6. The summed E-state index contributed by atoms with van der Waals surface area (Å²) < 4.78 is 23.0. The van der Waals surface area contributed by atoms with Crippen LogP contribution >= 0.6 is 11.8 Å². The van der Waals surface area contributed by atoms with Crippen molar-refractivity contribution in [3.8, 4) is 0 Å². The summed E-state index contributed by atoms with van der Waals surface area (Å²) in [5, 5.41) is 3.63. The van der Waals surface area contributed by atoms with E-state index in [1.165, 1.54) is 30.1 Å². The molecule has 0 aliphatic heterocycles. The van der Waals surface area contributed by atoms with Crippen molar-refractivity contribution in [1.29, 1.82) is 0 Å². The van der Waals surface area contributed by atoms with Crippen molar-refractivity contribution >= 4 is 46.5 Å². The molecule has 0 aliphatic carbocycles. The summed E-state index contributed by atoms with van der Waals surface area (Å²) in [4.78, 5) is 8.55. The summed E-state index contributed by atoms with van der Waals surface area (Å²) in [7, 11) is 2.48. The van der Waals surface area contributed by atoms with E-state index >= 15 is 0 Å². The van der Waals surface area contributed by atoms with Gasteiger partial charge in [-0.25, -0.2) is 18.4 Å². The van der Waals surface area contributed by atoms with Crippen molar-refractivity contribution in [3.63, 3.8) is 0 Å². The number of nitrogens with one attached hydrogen (secondary N) is 1. The van der Waals surface area contributed by atoms with Crippen molar-refractivity contribution in [1.82, 2.24) is 9.97 Å². The van der Waals surface area contributed by atoms with Crippen molar-refractivity contribution < 1.29 is 8.42 Å². The van der Waals surface area contributed by atoms with Gasteiger partial charge in [-0.3, -0.25) is 0 Å². The first-order valence-corrected chi connectivity index (χ1v) is 8.75. The van der Waals surface area contributed by atoms with Gasteiger partial charge in [0, 0.05) is 18.1 Å². The highest BCUT2D eigenvalue weighted by molar-refractivity contribution is 7.98. The second-order valence-corrected chi connectivity index (χ2v) is 6.89. The van der Waals surface area contributed by atoms with Gasteiger partial charge in [0.2, 0.25) is 5.95 Å². The van der Waals surface area contributed by atoms with Crippen LogP contribution in [0.3, 0.4) is 0 Å². The van der Waals surface area contributed by atoms with Gasteiger partial charge in [0.05, 0.1) is 9.92 Å². The van der Waals surface area contributed by atoms with Gasteiger partial charge in [0.25, 0.3) is 0 Å². The van der Waals surface area contributed by atoms with E-state index in [0.717, 1.165) is 6.26 Å². The lowest BCUT2D eigenvalue weighted by Gasteiger charge is -2.08. The minimum Gasteiger partial charge on any atom is -0.324 e. The molecule has 0 atom stereocenters. The van der Waals surface area contributed by atoms with Crippen molar-refractivity contribution in [2.24, 2.45) is 0 Å². The average molecular weight is 305 g/mol. The van der Waals surface area contributed by atoms with E-state index in [1.54, 1.807) is 12.1 Å². The lowest BCUT2D eigenvalue weighted by Crippen LogP contribution is -2.11. The molecule has 0 spiro atoms. The summed E-state index contributed by atoms with van der Waals surface area (Å²) >= 11 is 1.42. The maximum atomic E-state index is 11.5. The molecular weight excluding hydrogens is 293 g/mol. The van der Waals surface area contributed by atoms with Crippen molar-refractivity contribution in [3.05, 3.63) is 30.5 Å². The number of nitrogens with zero attached hydrogens (tertiary/aromatic N) is 2. The molecule has 1 heterocycles. The number of thioether (sulfide) groups is 1. The van der Waals surface area contributed by atoms with E-state index in [4.69, 9.17) is 7.85 Å². The van der Waals surface area contributed by atoms with Crippen LogP contribution in [0.15, 0.2) is 40.4 Å². The average Bonchev–Trinajstić information content (AvgIpc) is 2.40. The fourth-order valence-corrected chi connectivity index (χ4v) is 2.67. The Morgan fingerprint density at radius 2 is 2.10 bits per heavy atom. The minimum absolute atomic E-state index is 0.239. The van der Waals surface area contributed by atoms with Gasteiger partial charge in [-0.15, -0.1) is 11.8 Å². The molecule has 0 saturated heterocycles. The van der Waals surface area contributed by atoms with E-state index in [1.807, 2.05) is 6.26 Å². The smallest absolute Gasteiger partial charge is 0.228 e. The number of aromatic nitrogens is 2. The molecule has 8 heteroatoms. The van der Waals surface area contributed by atoms with Crippen LogP contribution in [0.2, 0.25) is 0 Å². The Bertz CT molecular complexity index is 735. The van der Waals surface area contributed by atoms with Gasteiger partial charge in [-0.2, -0.15) is 0 Å². The Hall–Kier alpha value is -1.54. The van der Waals surface area contributed by atoms with Crippen LogP contribution in [0.4, 0.5) is 11.6 Å². The molecule has 0 saturated carbocycles. The Balaban J connectivity index is 2.31. The maximum Gasteiger partial charge on any atom is 0.228 e. The van der Waals surface area contributed by atoms with E-state index in [9.17, 15) is 8.42 Å². The number of sulfone groups is 1. The van der Waals surface area contributed by atoms with E-state index < -0.39 is 9.84 Å². The molecule has 1 aromatic carbocycles. The summed E-state index contributed by atoms with van der Waals surface area (Å²) in [5.41, 5.74) is 1.11. The van der Waals surface area contributed by atoms with Crippen LogP contribution in [0.1, 0.15) is 0 Å². The monoisotopic (exact) mass is 305 g/mol. The summed E-state index contributed by atoms with van der Waals surface area (Å²) in [6.45, 7) is 0. The highest BCUT2D eigenvalue weighted by Gasteiger charge is 2.08. The fourth-order valence-electron chi connectivity index (χ4n) is 1.53. The largest absolute Gasteiger partial charge is 0.324 e. The molecule has 2 aromatic rings. The number of anilines is 2. The van der Waals surface area contributed by atoms with Crippen LogP contribution in [0.5, 0.6) is 0 Å². The Morgan fingerprint density at radius 1 is 1.35 bits per heavy atom. The number of hydrogen-bond donors (Lipinski definition) is 1. The number of hydrogen-bond acceptors (Lipinski definition) is 6. The highest BCUT2D eigenvalue weighted by atomic mass is 32.2. The van der Waals surface area contributed by atoms with Crippen LogP contribution in [-0.4, -0.2) is 38.7 Å². The third-order valence-electron chi connectivity index (χ3n) is 2.49. The lowest BCUT2D eigenvalue weighted by atomic mass is 10.0. The first-order valence-electron chi connectivity index (χ1n) is 5.64. The Kier molecular flexibility index (Phi) is 4.34. The standard InChI is InChI=1S/C12H12BN3O2S2/c1-19-11-10(13)7-14-12(16-11)15-8-4-3-5-9(6-8)20(2,17)18/h3-7H,1-2H3,(H,14,15,16). The van der Waals surface area contributed by atoms with Crippen molar-refractivity contribution in [2.75, 3.05) is 17.8 Å². The lowest BCUT2D eigenvalue weighted by molar-refractivity contribution is 0.602. The van der Waals surface area contributed by atoms with E-state index in [-0.39, 0.29) is 4.90 Å². The molecule has 1 aromatic heterocycles. The van der Waals surface area contributed by atoms with E-state index in [0.29, 0.717) is 22.1 Å². The van der Waals surface area contributed by atoms with Gasteiger partial charge in [0.15, 0.2) is 9.84 Å². The summed E-state index contributed by atoms with van der Waals surface area (Å²) in [5.74, 6) is 0.370. The highest BCUT2D eigenvalue weighted by Crippen LogP contribution is 2.18. The maximum absolute atomic E-state index is 11.5. The molecule has 102 valence electrons. The van der Waals surface area contributed by atoms with Crippen LogP contribution in [0, 0.1) is 0 Å². The molecule has 5 nitrogen and oxygen atoms in total. The molecule has 0 amide bonds. The molecule has 2 rings (SSSR count). The fraction of sp³-hybridized carbons (Fsp3) is 0.167. The predicted octanol–water partition coefficient (Wildman–Crippen LogP) is 1.14. The molecule has 1 N–H and O–H groups in total. The van der Waals surface area contributed by atoms with Crippen LogP contribution in [0.25, 0.3) is 0 Å². The molecule has 0 unspecified atom stereocenters. The van der Waals surface area contributed by atoms with Gasteiger partial charge < -0.3 is 5.32 Å². The van der Waals surface area contributed by atoms with Gasteiger partial charge in [-0.05, 0) is 29.9 Å². The molecule has 0 bridgehead atoms. The zero-order chi connectivity index (χ0) is 14.8. The second kappa shape index (κ2) is 5.84. The van der Waals surface area contributed by atoms with Crippen molar-refractivity contribution in [2.45, 2.75) is 9.92 Å². The van der Waals surface area contributed by atoms with Gasteiger partial charge >= 0.3 is 0 Å². The quantitative estimate of drug-likeness (QED) is 0.519. The first kappa shape index (κ1) is 14.9. The molecule has 2 radical (unpaired) electrons.